The number of benzene rings is 2. The molecular weight excluding hydrogens is 349 g/mol. The molecular formula is C20H22FN3O3. The molecule has 1 saturated carbocycles. The highest BCUT2D eigenvalue weighted by molar-refractivity contribution is 6.10. The van der Waals surface area contributed by atoms with Gasteiger partial charge in [-0.25, -0.2) is 4.39 Å². The Morgan fingerprint density at radius 1 is 1.07 bits per heavy atom. The minimum absolute atomic E-state index is 0.000439. The number of anilines is 2. The lowest BCUT2D eigenvalue weighted by molar-refractivity contribution is -0.117. The summed E-state index contributed by atoms with van der Waals surface area (Å²) in [5.74, 6) is -1.02. The average Bonchev–Trinajstić information content (AvgIpc) is 3.49. The van der Waals surface area contributed by atoms with Crippen molar-refractivity contribution in [1.82, 2.24) is 4.90 Å². The fraction of sp³-hybridized carbons (Fsp3) is 0.300. The number of carbonyl (C=O) groups excluding carboxylic acids is 2. The molecule has 7 heteroatoms. The van der Waals surface area contributed by atoms with Gasteiger partial charge >= 0.3 is 0 Å². The van der Waals surface area contributed by atoms with Crippen LogP contribution in [0.5, 0.6) is 0 Å². The van der Waals surface area contributed by atoms with Crippen molar-refractivity contribution in [2.75, 3.05) is 30.3 Å². The van der Waals surface area contributed by atoms with Crippen LogP contribution in [-0.2, 0) is 4.79 Å². The van der Waals surface area contributed by atoms with Crippen LogP contribution >= 0.6 is 0 Å². The molecule has 0 aromatic heterocycles. The van der Waals surface area contributed by atoms with Crippen molar-refractivity contribution in [3.8, 4) is 0 Å². The normalized spacial score (nSPS) is 13.4. The summed E-state index contributed by atoms with van der Waals surface area (Å²) in [6, 6.07) is 12.5. The Kier molecular flexibility index (Phi) is 6.16. The van der Waals surface area contributed by atoms with E-state index in [1.54, 1.807) is 24.3 Å². The molecule has 3 N–H and O–H groups in total. The molecule has 142 valence electrons. The molecule has 6 nitrogen and oxygen atoms in total. The smallest absolute Gasteiger partial charge is 0.257 e. The van der Waals surface area contributed by atoms with Crippen LogP contribution in [0.15, 0.2) is 48.5 Å². The van der Waals surface area contributed by atoms with Gasteiger partial charge in [0.15, 0.2) is 0 Å². The van der Waals surface area contributed by atoms with Crippen LogP contribution in [0.1, 0.15) is 23.2 Å². The molecule has 0 aliphatic heterocycles. The van der Waals surface area contributed by atoms with Crippen molar-refractivity contribution >= 4 is 23.2 Å². The Morgan fingerprint density at radius 2 is 1.78 bits per heavy atom. The number of hydrogen-bond acceptors (Lipinski definition) is 4. The maximum Gasteiger partial charge on any atom is 0.257 e. The third-order valence-electron chi connectivity index (χ3n) is 4.35. The molecule has 1 fully saturated rings. The van der Waals surface area contributed by atoms with Gasteiger partial charge in [-0.15, -0.1) is 0 Å². The molecule has 2 aromatic carbocycles. The van der Waals surface area contributed by atoms with E-state index in [0.29, 0.717) is 29.5 Å². The first-order valence-electron chi connectivity index (χ1n) is 8.87. The summed E-state index contributed by atoms with van der Waals surface area (Å²) in [5, 5.41) is 14.6. The van der Waals surface area contributed by atoms with E-state index in [-0.39, 0.29) is 24.9 Å². The molecule has 0 heterocycles. The minimum atomic E-state index is -0.396. The maximum absolute atomic E-state index is 13.0. The molecule has 0 radical (unpaired) electrons. The Hall–Kier alpha value is -2.77. The third-order valence-corrected chi connectivity index (χ3v) is 4.35. The first-order chi connectivity index (χ1) is 13.1. The second-order valence-electron chi connectivity index (χ2n) is 6.48. The minimum Gasteiger partial charge on any atom is -0.395 e. The predicted octanol–water partition coefficient (Wildman–Crippen LogP) is 2.47. The van der Waals surface area contributed by atoms with Gasteiger partial charge < -0.3 is 15.7 Å². The van der Waals surface area contributed by atoms with Gasteiger partial charge in [0.05, 0.1) is 24.4 Å². The van der Waals surface area contributed by atoms with E-state index in [9.17, 15) is 14.0 Å². The van der Waals surface area contributed by atoms with E-state index in [0.717, 1.165) is 12.8 Å². The Labute approximate surface area is 157 Å². The van der Waals surface area contributed by atoms with Crippen LogP contribution in [-0.4, -0.2) is 47.6 Å². The van der Waals surface area contributed by atoms with Crippen LogP contribution in [0, 0.1) is 5.82 Å². The summed E-state index contributed by atoms with van der Waals surface area (Å²) < 4.78 is 13.0. The molecule has 0 bridgehead atoms. The van der Waals surface area contributed by atoms with Gasteiger partial charge in [-0.1, -0.05) is 12.1 Å². The van der Waals surface area contributed by atoms with E-state index in [1.165, 1.54) is 24.3 Å². The van der Waals surface area contributed by atoms with Crippen LogP contribution in [0.4, 0.5) is 15.8 Å². The van der Waals surface area contributed by atoms with Gasteiger partial charge in [0, 0.05) is 18.3 Å². The second kappa shape index (κ2) is 8.75. The summed E-state index contributed by atoms with van der Waals surface area (Å²) in [6.45, 7) is 0.615. The molecule has 1 aliphatic rings. The first-order valence-corrected chi connectivity index (χ1v) is 8.87. The summed E-state index contributed by atoms with van der Waals surface area (Å²) >= 11 is 0. The quantitative estimate of drug-likeness (QED) is 0.666. The maximum atomic E-state index is 13.0. The van der Waals surface area contributed by atoms with Crippen molar-refractivity contribution in [2.45, 2.75) is 18.9 Å². The van der Waals surface area contributed by atoms with Crippen molar-refractivity contribution in [1.29, 1.82) is 0 Å². The SMILES string of the molecule is O=C(CN(CCO)C1CC1)Nc1ccccc1C(=O)Nc1ccc(F)cc1. The lowest BCUT2D eigenvalue weighted by atomic mass is 10.1. The molecule has 0 saturated heterocycles. The molecule has 0 unspecified atom stereocenters. The topological polar surface area (TPSA) is 81.7 Å². The zero-order valence-corrected chi connectivity index (χ0v) is 14.8. The molecule has 3 rings (SSSR count). The van der Waals surface area contributed by atoms with Gasteiger partial charge in [-0.2, -0.15) is 0 Å². The number of halogens is 1. The Bertz CT molecular complexity index is 806. The summed E-state index contributed by atoms with van der Waals surface area (Å²) in [4.78, 5) is 26.9. The Balaban J connectivity index is 1.66. The zero-order valence-electron chi connectivity index (χ0n) is 14.8. The van der Waals surface area contributed by atoms with Crippen LogP contribution in [0.25, 0.3) is 0 Å². The first kappa shape index (κ1) is 19.0. The van der Waals surface area contributed by atoms with E-state index in [4.69, 9.17) is 5.11 Å². The molecule has 27 heavy (non-hydrogen) atoms. The van der Waals surface area contributed by atoms with Crippen LogP contribution in [0.2, 0.25) is 0 Å². The van der Waals surface area contributed by atoms with E-state index >= 15 is 0 Å². The monoisotopic (exact) mass is 371 g/mol. The fourth-order valence-corrected chi connectivity index (χ4v) is 2.85. The van der Waals surface area contributed by atoms with Gasteiger partial charge in [0.2, 0.25) is 5.91 Å². The van der Waals surface area contributed by atoms with Crippen molar-refractivity contribution in [3.05, 3.63) is 59.9 Å². The zero-order chi connectivity index (χ0) is 19.2. The number of para-hydroxylation sites is 1. The number of hydrogen-bond donors (Lipinski definition) is 3. The highest BCUT2D eigenvalue weighted by atomic mass is 19.1. The highest BCUT2D eigenvalue weighted by Crippen LogP contribution is 2.26. The van der Waals surface area contributed by atoms with Crippen LogP contribution < -0.4 is 10.6 Å². The number of rotatable bonds is 8. The second-order valence-corrected chi connectivity index (χ2v) is 6.48. The highest BCUT2D eigenvalue weighted by Gasteiger charge is 2.30. The van der Waals surface area contributed by atoms with E-state index in [1.807, 2.05) is 4.90 Å². The fourth-order valence-electron chi connectivity index (χ4n) is 2.85. The lowest BCUT2D eigenvalue weighted by Gasteiger charge is -2.20. The Morgan fingerprint density at radius 3 is 2.44 bits per heavy atom. The van der Waals surface area contributed by atoms with Gasteiger partial charge in [-0.3, -0.25) is 14.5 Å². The largest absolute Gasteiger partial charge is 0.395 e. The van der Waals surface area contributed by atoms with E-state index < -0.39 is 5.91 Å². The van der Waals surface area contributed by atoms with Crippen LogP contribution in [0.3, 0.4) is 0 Å². The molecule has 0 atom stereocenters. The number of aliphatic hydroxyl groups excluding tert-OH is 1. The molecule has 0 spiro atoms. The standard InChI is InChI=1S/C20H22FN3O3/c21-14-5-7-15(8-6-14)22-20(27)17-3-1-2-4-18(17)23-19(26)13-24(11-12-25)16-9-10-16/h1-8,16,25H,9-13H2,(H,22,27)(H,23,26). The summed E-state index contributed by atoms with van der Waals surface area (Å²) in [5.41, 5.74) is 1.18. The molecule has 2 amide bonds. The number of carbonyl (C=O) groups is 2. The summed E-state index contributed by atoms with van der Waals surface area (Å²) in [7, 11) is 0. The third kappa shape index (κ3) is 5.35. The van der Waals surface area contributed by atoms with Crippen molar-refractivity contribution < 1.29 is 19.1 Å². The van der Waals surface area contributed by atoms with E-state index in [2.05, 4.69) is 10.6 Å². The number of amides is 2. The summed E-state index contributed by atoms with van der Waals surface area (Å²) in [6.07, 6.45) is 2.06. The number of aliphatic hydroxyl groups is 1. The molecule has 1 aliphatic carbocycles. The van der Waals surface area contributed by atoms with Crippen molar-refractivity contribution in [2.24, 2.45) is 0 Å². The van der Waals surface area contributed by atoms with Gasteiger partial charge in [0.25, 0.3) is 5.91 Å². The molecule has 2 aromatic rings. The number of nitrogens with one attached hydrogen (secondary N) is 2. The lowest BCUT2D eigenvalue weighted by Crippen LogP contribution is -2.37. The van der Waals surface area contributed by atoms with Gasteiger partial charge in [0.1, 0.15) is 5.82 Å². The van der Waals surface area contributed by atoms with Gasteiger partial charge in [-0.05, 0) is 49.2 Å². The average molecular weight is 371 g/mol. The number of nitrogens with zero attached hydrogens (tertiary/aromatic N) is 1. The van der Waals surface area contributed by atoms with Crippen molar-refractivity contribution in [3.63, 3.8) is 0 Å². The predicted molar refractivity (Wildman–Crippen MR) is 101 cm³/mol.